The second kappa shape index (κ2) is 8.36. The molecule has 0 aliphatic carbocycles. The van der Waals surface area contributed by atoms with E-state index in [1.165, 1.54) is 5.56 Å². The van der Waals surface area contributed by atoms with Crippen molar-refractivity contribution < 1.29 is 4.79 Å². The van der Waals surface area contributed by atoms with Gasteiger partial charge in [-0.2, -0.15) is 0 Å². The molecule has 3 rings (SSSR count). The van der Waals surface area contributed by atoms with Gasteiger partial charge in [-0.05, 0) is 29.7 Å². The minimum absolute atomic E-state index is 0.00448. The zero-order chi connectivity index (χ0) is 16.6. The van der Waals surface area contributed by atoms with E-state index >= 15 is 0 Å². The minimum atomic E-state index is 0.00448. The highest BCUT2D eigenvalue weighted by atomic mass is 32.1. The van der Waals surface area contributed by atoms with Crippen molar-refractivity contribution in [2.45, 2.75) is 25.8 Å². The average molecular weight is 337 g/mol. The van der Waals surface area contributed by atoms with Crippen LogP contribution in [0.2, 0.25) is 0 Å². The van der Waals surface area contributed by atoms with Crippen LogP contribution in [0.5, 0.6) is 0 Å². The fourth-order valence-electron chi connectivity index (χ4n) is 2.37. The number of hydrogen-bond acceptors (Lipinski definition) is 4. The Morgan fingerprint density at radius 3 is 2.58 bits per heavy atom. The number of nitrogens with zero attached hydrogens (tertiary/aromatic N) is 2. The quantitative estimate of drug-likeness (QED) is 0.720. The van der Waals surface area contributed by atoms with Crippen LogP contribution >= 0.6 is 11.3 Å². The van der Waals surface area contributed by atoms with Crippen LogP contribution in [0.15, 0.2) is 60.2 Å². The molecule has 3 aromatic rings. The summed E-state index contributed by atoms with van der Waals surface area (Å²) in [6.45, 7) is 0.554. The van der Waals surface area contributed by atoms with Crippen molar-refractivity contribution in [1.29, 1.82) is 0 Å². The average Bonchev–Trinajstić information content (AvgIpc) is 3.07. The number of rotatable bonds is 7. The second-order valence-corrected chi connectivity index (χ2v) is 6.47. The Morgan fingerprint density at radius 1 is 1.00 bits per heavy atom. The summed E-state index contributed by atoms with van der Waals surface area (Å²) < 4.78 is 0. The highest BCUT2D eigenvalue weighted by molar-refractivity contribution is 7.09. The lowest BCUT2D eigenvalue weighted by atomic mass is 10.1. The molecule has 4 nitrogen and oxygen atoms in total. The zero-order valence-electron chi connectivity index (χ0n) is 13.3. The van der Waals surface area contributed by atoms with E-state index in [1.807, 2.05) is 47.8 Å². The first-order valence-corrected chi connectivity index (χ1v) is 8.80. The number of nitrogens with one attached hydrogen (secondary N) is 1. The Morgan fingerprint density at radius 2 is 1.79 bits per heavy atom. The summed E-state index contributed by atoms with van der Waals surface area (Å²) in [5, 5.41) is 5.98. The van der Waals surface area contributed by atoms with Crippen molar-refractivity contribution in [2.24, 2.45) is 0 Å². The van der Waals surface area contributed by atoms with Gasteiger partial charge in [-0.1, -0.05) is 30.3 Å². The maximum absolute atomic E-state index is 12.0. The van der Waals surface area contributed by atoms with E-state index in [1.54, 1.807) is 23.7 Å². The maximum atomic E-state index is 12.0. The van der Waals surface area contributed by atoms with E-state index in [4.69, 9.17) is 0 Å². The Hall–Kier alpha value is -2.53. The maximum Gasteiger partial charge on any atom is 0.226 e. The molecule has 0 radical (unpaired) electrons. The molecule has 0 atom stereocenters. The second-order valence-electron chi connectivity index (χ2n) is 5.53. The van der Waals surface area contributed by atoms with E-state index in [0.29, 0.717) is 13.0 Å². The summed E-state index contributed by atoms with van der Waals surface area (Å²) in [6.07, 6.45) is 5.77. The molecule has 2 aromatic heterocycles. The molecule has 0 aliphatic heterocycles. The number of carbonyl (C=O) groups is 1. The Labute approximate surface area is 145 Å². The van der Waals surface area contributed by atoms with Crippen LogP contribution in [0.4, 0.5) is 0 Å². The molecule has 1 N–H and O–H groups in total. The normalized spacial score (nSPS) is 10.5. The summed E-state index contributed by atoms with van der Waals surface area (Å²) in [7, 11) is 0. The van der Waals surface area contributed by atoms with E-state index < -0.39 is 0 Å². The van der Waals surface area contributed by atoms with Gasteiger partial charge in [-0.25, -0.2) is 4.98 Å². The predicted molar refractivity (Wildman–Crippen MR) is 95.8 cm³/mol. The standard InChI is InChI=1S/C19H19N3OS/c23-18(21-13-16-4-2-1-3-5-16)12-17-14-24-19(22-17)7-6-15-8-10-20-11-9-15/h1-5,8-11,14H,6-7,12-13H2,(H,21,23). The van der Waals surface area contributed by atoms with E-state index in [9.17, 15) is 4.79 Å². The topological polar surface area (TPSA) is 54.9 Å². The van der Waals surface area contributed by atoms with Crippen molar-refractivity contribution in [3.8, 4) is 0 Å². The van der Waals surface area contributed by atoms with Crippen molar-refractivity contribution in [2.75, 3.05) is 0 Å². The summed E-state index contributed by atoms with van der Waals surface area (Å²) in [5.41, 5.74) is 3.19. The third-order valence-electron chi connectivity index (χ3n) is 3.65. The van der Waals surface area contributed by atoms with Gasteiger partial charge in [0.05, 0.1) is 17.1 Å². The van der Waals surface area contributed by atoms with Crippen LogP contribution in [-0.2, 0) is 30.6 Å². The van der Waals surface area contributed by atoms with Crippen LogP contribution in [0.3, 0.4) is 0 Å². The molecule has 1 amide bonds. The molecule has 0 unspecified atom stereocenters. The number of benzene rings is 1. The first-order chi connectivity index (χ1) is 11.8. The summed E-state index contributed by atoms with van der Waals surface area (Å²) in [5.74, 6) is 0.00448. The van der Waals surface area contributed by atoms with Gasteiger partial charge in [-0.15, -0.1) is 11.3 Å². The fourth-order valence-corrected chi connectivity index (χ4v) is 3.17. The van der Waals surface area contributed by atoms with Crippen molar-refractivity contribution in [3.63, 3.8) is 0 Å². The van der Waals surface area contributed by atoms with Gasteiger partial charge < -0.3 is 5.32 Å². The number of aryl methyl sites for hydroxylation is 2. The van der Waals surface area contributed by atoms with Crippen LogP contribution in [0, 0.1) is 0 Å². The molecule has 5 heteroatoms. The molecule has 0 fully saturated rings. The monoisotopic (exact) mass is 337 g/mol. The Balaban J connectivity index is 1.46. The first-order valence-electron chi connectivity index (χ1n) is 7.92. The molecule has 24 heavy (non-hydrogen) atoms. The Kier molecular flexibility index (Phi) is 5.69. The molecule has 0 saturated carbocycles. The van der Waals surface area contributed by atoms with Crippen molar-refractivity contribution in [3.05, 3.63) is 82.1 Å². The van der Waals surface area contributed by atoms with E-state index in [-0.39, 0.29) is 5.91 Å². The molecule has 0 aliphatic rings. The number of aromatic nitrogens is 2. The molecular formula is C19H19N3OS. The summed E-state index contributed by atoms with van der Waals surface area (Å²) >= 11 is 1.62. The van der Waals surface area contributed by atoms with Crippen LogP contribution in [0.25, 0.3) is 0 Å². The number of hydrogen-bond donors (Lipinski definition) is 1. The van der Waals surface area contributed by atoms with Crippen LogP contribution < -0.4 is 5.32 Å². The molecular weight excluding hydrogens is 318 g/mol. The SMILES string of the molecule is O=C(Cc1csc(CCc2ccncc2)n1)NCc1ccccc1. The largest absolute Gasteiger partial charge is 0.352 e. The lowest BCUT2D eigenvalue weighted by molar-refractivity contribution is -0.120. The number of thiazole rings is 1. The van der Waals surface area contributed by atoms with Gasteiger partial charge in [0.25, 0.3) is 0 Å². The van der Waals surface area contributed by atoms with Crippen molar-refractivity contribution in [1.82, 2.24) is 15.3 Å². The number of carbonyl (C=O) groups excluding carboxylic acids is 1. The van der Waals surface area contributed by atoms with Gasteiger partial charge in [0.2, 0.25) is 5.91 Å². The number of amides is 1. The fraction of sp³-hybridized carbons (Fsp3) is 0.211. The zero-order valence-corrected chi connectivity index (χ0v) is 14.1. The van der Waals surface area contributed by atoms with Gasteiger partial charge in [-0.3, -0.25) is 9.78 Å². The van der Waals surface area contributed by atoms with Gasteiger partial charge in [0.15, 0.2) is 0 Å². The predicted octanol–water partition coefficient (Wildman–Crippen LogP) is 3.18. The summed E-state index contributed by atoms with van der Waals surface area (Å²) in [4.78, 5) is 20.6. The lowest BCUT2D eigenvalue weighted by Gasteiger charge is -2.03. The van der Waals surface area contributed by atoms with Crippen LogP contribution in [0.1, 0.15) is 21.8 Å². The number of pyridine rings is 1. The molecule has 1 aromatic carbocycles. The molecule has 0 bridgehead atoms. The Bertz CT molecular complexity index is 772. The summed E-state index contributed by atoms with van der Waals surface area (Å²) in [6, 6.07) is 13.9. The van der Waals surface area contributed by atoms with E-state index in [0.717, 1.165) is 29.1 Å². The van der Waals surface area contributed by atoms with Gasteiger partial charge in [0, 0.05) is 30.7 Å². The van der Waals surface area contributed by atoms with Gasteiger partial charge >= 0.3 is 0 Å². The van der Waals surface area contributed by atoms with Crippen molar-refractivity contribution >= 4 is 17.2 Å². The first kappa shape index (κ1) is 16.3. The third-order valence-corrected chi connectivity index (χ3v) is 4.61. The van der Waals surface area contributed by atoms with Crippen LogP contribution in [-0.4, -0.2) is 15.9 Å². The minimum Gasteiger partial charge on any atom is -0.352 e. The highest BCUT2D eigenvalue weighted by Gasteiger charge is 2.08. The van der Waals surface area contributed by atoms with Gasteiger partial charge in [0.1, 0.15) is 0 Å². The molecule has 2 heterocycles. The molecule has 122 valence electrons. The molecule has 0 spiro atoms. The highest BCUT2D eigenvalue weighted by Crippen LogP contribution is 2.13. The van der Waals surface area contributed by atoms with E-state index in [2.05, 4.69) is 15.3 Å². The third kappa shape index (κ3) is 4.99. The molecule has 0 saturated heterocycles. The smallest absolute Gasteiger partial charge is 0.226 e. The lowest BCUT2D eigenvalue weighted by Crippen LogP contribution is -2.24.